The number of unbranched alkanes of at least 4 members (excludes halogenated alkanes) is 1. The van der Waals surface area contributed by atoms with Gasteiger partial charge in [-0.15, -0.1) is 0 Å². The van der Waals surface area contributed by atoms with E-state index in [2.05, 4.69) is 6.92 Å². The summed E-state index contributed by atoms with van der Waals surface area (Å²) in [6.07, 6.45) is 2.85. The van der Waals surface area contributed by atoms with Crippen LogP contribution in [-0.2, 0) is 0 Å². The quantitative estimate of drug-likeness (QED) is 0.823. The largest absolute Gasteiger partial charge is 0.490 e. The van der Waals surface area contributed by atoms with E-state index in [0.717, 1.165) is 24.9 Å². The van der Waals surface area contributed by atoms with Crippen LogP contribution >= 0.6 is 0 Å². The molecule has 0 fully saturated rings. The van der Waals surface area contributed by atoms with Crippen LogP contribution in [0.2, 0.25) is 0 Å². The summed E-state index contributed by atoms with van der Waals surface area (Å²) in [6.45, 7) is 4.09. The predicted molar refractivity (Wildman–Crippen MR) is 95.1 cm³/mol. The van der Waals surface area contributed by atoms with E-state index in [1.54, 1.807) is 6.07 Å². The van der Waals surface area contributed by atoms with E-state index in [-0.39, 0.29) is 5.91 Å². The van der Waals surface area contributed by atoms with Crippen molar-refractivity contribution in [2.24, 2.45) is 0 Å². The summed E-state index contributed by atoms with van der Waals surface area (Å²) >= 11 is 0. The molecule has 1 amide bonds. The van der Waals surface area contributed by atoms with E-state index in [0.29, 0.717) is 36.8 Å². The molecule has 1 aliphatic heterocycles. The molecule has 0 bridgehead atoms. The lowest BCUT2D eigenvalue weighted by Crippen LogP contribution is -2.31. The van der Waals surface area contributed by atoms with E-state index >= 15 is 0 Å². The van der Waals surface area contributed by atoms with Gasteiger partial charge >= 0.3 is 0 Å². The fourth-order valence-corrected chi connectivity index (χ4v) is 2.72. The maximum Gasteiger partial charge on any atom is 0.258 e. The third-order valence-electron chi connectivity index (χ3n) is 4.04. The highest BCUT2D eigenvalue weighted by atomic mass is 16.5. The van der Waals surface area contributed by atoms with Crippen molar-refractivity contribution in [3.8, 4) is 11.5 Å². The molecule has 4 heteroatoms. The summed E-state index contributed by atoms with van der Waals surface area (Å²) in [5.74, 6) is 1.36. The SMILES string of the molecule is CCCCN(C(=O)c1ccc2c(c1)OCCCO2)c1ccccc1. The summed E-state index contributed by atoms with van der Waals surface area (Å²) in [7, 11) is 0. The van der Waals surface area contributed by atoms with Crippen LogP contribution < -0.4 is 14.4 Å². The zero-order chi connectivity index (χ0) is 16.8. The highest BCUT2D eigenvalue weighted by Gasteiger charge is 2.20. The average molecular weight is 325 g/mol. The second-order valence-corrected chi connectivity index (χ2v) is 5.86. The first-order valence-corrected chi connectivity index (χ1v) is 8.56. The molecule has 2 aromatic carbocycles. The molecule has 0 aliphatic carbocycles. The van der Waals surface area contributed by atoms with Crippen LogP contribution in [0.3, 0.4) is 0 Å². The molecular weight excluding hydrogens is 302 g/mol. The maximum absolute atomic E-state index is 13.1. The van der Waals surface area contributed by atoms with Gasteiger partial charge in [-0.25, -0.2) is 0 Å². The Balaban J connectivity index is 1.88. The number of rotatable bonds is 5. The molecule has 0 spiro atoms. The average Bonchev–Trinajstić information content (AvgIpc) is 2.87. The Morgan fingerprint density at radius 3 is 2.54 bits per heavy atom. The Labute approximate surface area is 143 Å². The molecule has 0 radical (unpaired) electrons. The Bertz CT molecular complexity index is 685. The first-order chi connectivity index (χ1) is 11.8. The first-order valence-electron chi connectivity index (χ1n) is 8.56. The minimum Gasteiger partial charge on any atom is -0.490 e. The van der Waals surface area contributed by atoms with Crippen molar-refractivity contribution in [3.63, 3.8) is 0 Å². The van der Waals surface area contributed by atoms with Crippen LogP contribution in [0.15, 0.2) is 48.5 Å². The highest BCUT2D eigenvalue weighted by molar-refractivity contribution is 6.06. The van der Waals surface area contributed by atoms with Crippen molar-refractivity contribution in [3.05, 3.63) is 54.1 Å². The van der Waals surface area contributed by atoms with Gasteiger partial charge in [0.1, 0.15) is 0 Å². The fourth-order valence-electron chi connectivity index (χ4n) is 2.72. The van der Waals surface area contributed by atoms with Gasteiger partial charge in [0, 0.05) is 24.2 Å². The number of nitrogens with zero attached hydrogens (tertiary/aromatic N) is 1. The Morgan fingerprint density at radius 2 is 1.79 bits per heavy atom. The summed E-state index contributed by atoms with van der Waals surface area (Å²) in [4.78, 5) is 14.9. The second-order valence-electron chi connectivity index (χ2n) is 5.86. The van der Waals surface area contributed by atoms with E-state index in [1.165, 1.54) is 0 Å². The van der Waals surface area contributed by atoms with Gasteiger partial charge in [-0.3, -0.25) is 4.79 Å². The third-order valence-corrected chi connectivity index (χ3v) is 4.04. The number of hydrogen-bond donors (Lipinski definition) is 0. The molecule has 2 aromatic rings. The predicted octanol–water partition coefficient (Wildman–Crippen LogP) is 4.29. The second kappa shape index (κ2) is 7.86. The van der Waals surface area contributed by atoms with Gasteiger partial charge in [0.2, 0.25) is 0 Å². The molecule has 0 unspecified atom stereocenters. The van der Waals surface area contributed by atoms with Gasteiger partial charge in [0.15, 0.2) is 11.5 Å². The number of anilines is 1. The molecule has 1 heterocycles. The van der Waals surface area contributed by atoms with Gasteiger partial charge in [-0.05, 0) is 36.8 Å². The molecule has 4 nitrogen and oxygen atoms in total. The summed E-state index contributed by atoms with van der Waals surface area (Å²) in [5, 5.41) is 0. The molecule has 24 heavy (non-hydrogen) atoms. The number of hydrogen-bond acceptors (Lipinski definition) is 3. The van der Waals surface area contributed by atoms with Crippen molar-refractivity contribution in [1.82, 2.24) is 0 Å². The standard InChI is InChI=1S/C20H23NO3/c1-2-3-12-21(17-8-5-4-6-9-17)20(22)16-10-11-18-19(15-16)24-14-7-13-23-18/h4-6,8-11,15H,2-3,7,12-14H2,1H3. The fraction of sp³-hybridized carbons (Fsp3) is 0.350. The minimum atomic E-state index is -0.00898. The number of carbonyl (C=O) groups is 1. The zero-order valence-corrected chi connectivity index (χ0v) is 14.0. The van der Waals surface area contributed by atoms with Gasteiger partial charge in [0.05, 0.1) is 13.2 Å². The van der Waals surface area contributed by atoms with Crippen molar-refractivity contribution in [2.75, 3.05) is 24.7 Å². The number of ether oxygens (including phenoxy) is 2. The topological polar surface area (TPSA) is 38.8 Å². The van der Waals surface area contributed by atoms with E-state index in [9.17, 15) is 4.79 Å². The highest BCUT2D eigenvalue weighted by Crippen LogP contribution is 2.31. The number of amides is 1. The van der Waals surface area contributed by atoms with Crippen molar-refractivity contribution < 1.29 is 14.3 Å². The number of benzene rings is 2. The van der Waals surface area contributed by atoms with E-state index in [4.69, 9.17) is 9.47 Å². The lowest BCUT2D eigenvalue weighted by atomic mass is 10.1. The smallest absolute Gasteiger partial charge is 0.258 e. The van der Waals surface area contributed by atoms with Crippen molar-refractivity contribution >= 4 is 11.6 Å². The molecule has 126 valence electrons. The first kappa shape index (κ1) is 16.4. The normalized spacial score (nSPS) is 13.2. The van der Waals surface area contributed by atoms with Crippen LogP contribution in [0.25, 0.3) is 0 Å². The molecule has 0 saturated carbocycles. The summed E-state index contributed by atoms with van der Waals surface area (Å²) in [5.41, 5.74) is 1.54. The molecule has 3 rings (SSSR count). The lowest BCUT2D eigenvalue weighted by Gasteiger charge is -2.23. The summed E-state index contributed by atoms with van der Waals surface area (Å²) in [6, 6.07) is 15.2. The Hall–Kier alpha value is -2.49. The van der Waals surface area contributed by atoms with Crippen LogP contribution in [0, 0.1) is 0 Å². The van der Waals surface area contributed by atoms with E-state index < -0.39 is 0 Å². The monoisotopic (exact) mass is 325 g/mol. The molecular formula is C20H23NO3. The van der Waals surface area contributed by atoms with E-state index in [1.807, 2.05) is 47.4 Å². The molecule has 0 aromatic heterocycles. The number of para-hydroxylation sites is 1. The van der Waals surface area contributed by atoms with Gasteiger partial charge in [0.25, 0.3) is 5.91 Å². The van der Waals surface area contributed by atoms with Crippen molar-refractivity contribution in [1.29, 1.82) is 0 Å². The van der Waals surface area contributed by atoms with Crippen LogP contribution in [0.5, 0.6) is 11.5 Å². The van der Waals surface area contributed by atoms with Gasteiger partial charge in [-0.2, -0.15) is 0 Å². The van der Waals surface area contributed by atoms with Crippen molar-refractivity contribution in [2.45, 2.75) is 26.2 Å². The molecule has 0 atom stereocenters. The lowest BCUT2D eigenvalue weighted by molar-refractivity contribution is 0.0986. The number of fused-ring (bicyclic) bond motifs is 1. The van der Waals surface area contributed by atoms with Gasteiger partial charge in [-0.1, -0.05) is 31.5 Å². The zero-order valence-electron chi connectivity index (χ0n) is 14.0. The minimum absolute atomic E-state index is 0.00898. The van der Waals surface area contributed by atoms with Gasteiger partial charge < -0.3 is 14.4 Å². The summed E-state index contributed by atoms with van der Waals surface area (Å²) < 4.78 is 11.4. The maximum atomic E-state index is 13.1. The number of carbonyl (C=O) groups excluding carboxylic acids is 1. The van der Waals surface area contributed by atoms with Crippen LogP contribution in [-0.4, -0.2) is 25.7 Å². The third kappa shape index (κ3) is 3.70. The Morgan fingerprint density at radius 1 is 1.04 bits per heavy atom. The Kier molecular flexibility index (Phi) is 5.36. The molecule has 1 aliphatic rings. The van der Waals surface area contributed by atoms with Crippen LogP contribution in [0.1, 0.15) is 36.5 Å². The van der Waals surface area contributed by atoms with Crippen LogP contribution in [0.4, 0.5) is 5.69 Å². The molecule has 0 saturated heterocycles. The molecule has 0 N–H and O–H groups in total.